The molecule has 0 heterocycles. The molecule has 4 N–H and O–H groups in total. The molecule has 25 heavy (non-hydrogen) atoms. The molecule has 0 saturated carbocycles. The van der Waals surface area contributed by atoms with Gasteiger partial charge >= 0.3 is 0 Å². The number of halogens is 8. The maximum Gasteiger partial charge on any atom is 0.267 e. The first-order chi connectivity index (χ1) is 10.9. The minimum atomic E-state index is -5.05. The molecule has 154 valence electrons. The zero-order valence-electron chi connectivity index (χ0n) is 13.0. The Hall–Kier alpha value is -0.690. The van der Waals surface area contributed by atoms with Crippen LogP contribution in [0.25, 0.3) is 0 Å². The Bertz CT molecular complexity index is 458. The fourth-order valence-electron chi connectivity index (χ4n) is 1.81. The SMILES string of the molecule is N.O=S(=O)(O)CC(F)C(F)C(F)C(F)C(F)C(F)C(F)CCCCF. The fraction of sp³-hybridized carbons (Fsp3) is 1.00. The van der Waals surface area contributed by atoms with Crippen LogP contribution in [-0.2, 0) is 10.1 Å². The Kier molecular flexibility index (Phi) is 12.6. The summed E-state index contributed by atoms with van der Waals surface area (Å²) < 4.78 is 134. The summed E-state index contributed by atoms with van der Waals surface area (Å²) in [4.78, 5) is 0. The van der Waals surface area contributed by atoms with Gasteiger partial charge in [0.1, 0.15) is 11.9 Å². The summed E-state index contributed by atoms with van der Waals surface area (Å²) in [5, 5.41) is 0. The topological polar surface area (TPSA) is 89.4 Å². The predicted octanol–water partition coefficient (Wildman–Crippen LogP) is 3.54. The average molecular weight is 411 g/mol. The van der Waals surface area contributed by atoms with Crippen molar-refractivity contribution in [2.75, 3.05) is 12.4 Å². The Morgan fingerprint density at radius 1 is 0.720 bits per heavy atom. The van der Waals surface area contributed by atoms with E-state index in [2.05, 4.69) is 0 Å². The maximum atomic E-state index is 13.4. The first-order valence-electron chi connectivity index (χ1n) is 6.92. The Labute approximate surface area is 140 Å². The third-order valence-corrected chi connectivity index (χ3v) is 3.88. The van der Waals surface area contributed by atoms with Crippen molar-refractivity contribution in [3.8, 4) is 0 Å². The van der Waals surface area contributed by atoms with Crippen molar-refractivity contribution < 1.29 is 48.1 Å². The van der Waals surface area contributed by atoms with Crippen LogP contribution in [-0.4, -0.2) is 68.6 Å². The minimum absolute atomic E-state index is 0. The van der Waals surface area contributed by atoms with Crippen molar-refractivity contribution in [3.63, 3.8) is 0 Å². The zero-order valence-corrected chi connectivity index (χ0v) is 13.8. The van der Waals surface area contributed by atoms with E-state index in [1.807, 2.05) is 0 Å². The second kappa shape index (κ2) is 11.8. The highest BCUT2D eigenvalue weighted by molar-refractivity contribution is 7.85. The molecule has 13 heteroatoms. The van der Waals surface area contributed by atoms with E-state index in [0.717, 1.165) is 0 Å². The van der Waals surface area contributed by atoms with Gasteiger partial charge in [0.05, 0.1) is 6.67 Å². The Balaban J connectivity index is 0. The summed E-state index contributed by atoms with van der Waals surface area (Å²) in [7, 11) is -5.05. The fourth-order valence-corrected chi connectivity index (χ4v) is 2.40. The van der Waals surface area contributed by atoms with Crippen LogP contribution in [0.15, 0.2) is 0 Å². The molecule has 0 saturated heterocycles. The molecule has 4 nitrogen and oxygen atoms in total. The van der Waals surface area contributed by atoms with Crippen molar-refractivity contribution in [2.24, 2.45) is 0 Å². The van der Waals surface area contributed by atoms with Crippen LogP contribution in [0.1, 0.15) is 19.3 Å². The monoisotopic (exact) mass is 411 g/mol. The van der Waals surface area contributed by atoms with Gasteiger partial charge in [0.2, 0.25) is 0 Å². The Morgan fingerprint density at radius 2 is 1.12 bits per heavy atom. The highest BCUT2D eigenvalue weighted by Crippen LogP contribution is 2.27. The molecule has 0 rings (SSSR count). The number of hydrogen-bond acceptors (Lipinski definition) is 3. The lowest BCUT2D eigenvalue weighted by Gasteiger charge is -2.25. The van der Waals surface area contributed by atoms with Crippen LogP contribution >= 0.6 is 0 Å². The summed E-state index contributed by atoms with van der Waals surface area (Å²) in [6.07, 6.45) is -24.3. The van der Waals surface area contributed by atoms with Crippen LogP contribution in [0.5, 0.6) is 0 Å². The molecular weight excluding hydrogens is 390 g/mol. The third kappa shape index (κ3) is 9.54. The standard InChI is InChI=1S/C12H18F8O3S.H3N/c13-4-2-1-3-6(14)8(16)10(18)12(20)11(19)9(17)7(15)5-24(21,22)23;/h6-12H,1-5H2,(H,21,22,23);1H3. The van der Waals surface area contributed by atoms with E-state index in [4.69, 9.17) is 4.55 Å². The molecule has 0 aliphatic heterocycles. The van der Waals surface area contributed by atoms with Crippen molar-refractivity contribution in [2.45, 2.75) is 62.5 Å². The summed E-state index contributed by atoms with van der Waals surface area (Å²) in [6.45, 7) is -0.837. The largest absolute Gasteiger partial charge is 0.344 e. The van der Waals surface area contributed by atoms with Gasteiger partial charge in [-0.3, -0.25) is 8.94 Å². The van der Waals surface area contributed by atoms with Crippen LogP contribution in [0.2, 0.25) is 0 Å². The van der Waals surface area contributed by atoms with Gasteiger partial charge in [-0.05, 0) is 19.3 Å². The average Bonchev–Trinajstić information content (AvgIpc) is 2.49. The van der Waals surface area contributed by atoms with Gasteiger partial charge < -0.3 is 6.15 Å². The van der Waals surface area contributed by atoms with Gasteiger partial charge in [0.15, 0.2) is 37.0 Å². The van der Waals surface area contributed by atoms with Crippen molar-refractivity contribution in [1.29, 1.82) is 0 Å². The first kappa shape index (κ1) is 26.5. The predicted molar refractivity (Wildman–Crippen MR) is 75.5 cm³/mol. The molecular formula is C12H21F8NO3S. The van der Waals surface area contributed by atoms with E-state index < -0.39 is 72.2 Å². The minimum Gasteiger partial charge on any atom is -0.344 e. The van der Waals surface area contributed by atoms with Crippen LogP contribution in [0.3, 0.4) is 0 Å². The molecule has 0 aromatic carbocycles. The number of rotatable bonds is 12. The molecule has 0 aromatic heterocycles. The summed E-state index contributed by atoms with van der Waals surface area (Å²) in [6, 6.07) is 0. The number of alkyl halides is 8. The number of unbranched alkanes of at least 4 members (excludes halogenated alkanes) is 1. The third-order valence-electron chi connectivity index (χ3n) is 3.14. The van der Waals surface area contributed by atoms with Gasteiger partial charge in [-0.25, -0.2) is 30.7 Å². The van der Waals surface area contributed by atoms with Crippen LogP contribution in [0.4, 0.5) is 35.1 Å². The van der Waals surface area contributed by atoms with Gasteiger partial charge in [-0.15, -0.1) is 0 Å². The van der Waals surface area contributed by atoms with Gasteiger partial charge in [-0.1, -0.05) is 0 Å². The van der Waals surface area contributed by atoms with Crippen molar-refractivity contribution in [1.82, 2.24) is 6.15 Å². The first-order valence-corrected chi connectivity index (χ1v) is 8.53. The summed E-state index contributed by atoms with van der Waals surface area (Å²) in [5.41, 5.74) is 0. The molecule has 0 bridgehead atoms. The summed E-state index contributed by atoms with van der Waals surface area (Å²) >= 11 is 0. The van der Waals surface area contributed by atoms with E-state index >= 15 is 0 Å². The van der Waals surface area contributed by atoms with E-state index in [0.29, 0.717) is 0 Å². The van der Waals surface area contributed by atoms with Crippen LogP contribution < -0.4 is 6.15 Å². The molecule has 0 aliphatic carbocycles. The van der Waals surface area contributed by atoms with Gasteiger partial charge in [0.25, 0.3) is 10.1 Å². The second-order valence-electron chi connectivity index (χ2n) is 5.19. The lowest BCUT2D eigenvalue weighted by Crippen LogP contribution is -2.46. The van der Waals surface area contributed by atoms with E-state index in [1.54, 1.807) is 0 Å². The smallest absolute Gasteiger partial charge is 0.267 e. The van der Waals surface area contributed by atoms with E-state index in [9.17, 15) is 43.5 Å². The molecule has 0 radical (unpaired) electrons. The Morgan fingerprint density at radius 3 is 1.52 bits per heavy atom. The molecule has 0 aliphatic rings. The van der Waals surface area contributed by atoms with E-state index in [1.165, 1.54) is 0 Å². The van der Waals surface area contributed by atoms with E-state index in [-0.39, 0.29) is 19.0 Å². The number of hydrogen-bond donors (Lipinski definition) is 2. The molecule has 0 amide bonds. The molecule has 0 fully saturated rings. The highest BCUT2D eigenvalue weighted by Gasteiger charge is 2.46. The maximum absolute atomic E-state index is 13.4. The van der Waals surface area contributed by atoms with Crippen molar-refractivity contribution >= 4 is 10.1 Å². The zero-order chi connectivity index (χ0) is 19.1. The molecule has 0 aromatic rings. The van der Waals surface area contributed by atoms with Gasteiger partial charge in [-0.2, -0.15) is 8.42 Å². The van der Waals surface area contributed by atoms with Crippen LogP contribution in [0, 0.1) is 0 Å². The molecule has 7 atom stereocenters. The normalized spacial score (nSPS) is 20.7. The molecule has 0 spiro atoms. The summed E-state index contributed by atoms with van der Waals surface area (Å²) in [5.74, 6) is -1.91. The second-order valence-corrected chi connectivity index (χ2v) is 6.68. The molecule has 7 unspecified atom stereocenters. The lowest BCUT2D eigenvalue weighted by molar-refractivity contribution is -0.0336. The quantitative estimate of drug-likeness (QED) is 0.292. The van der Waals surface area contributed by atoms with Gasteiger partial charge in [0, 0.05) is 0 Å². The lowest BCUT2D eigenvalue weighted by atomic mass is 9.98. The van der Waals surface area contributed by atoms with Crippen molar-refractivity contribution in [3.05, 3.63) is 0 Å². The highest BCUT2D eigenvalue weighted by atomic mass is 32.2.